The maximum atomic E-state index is 6.29. The summed E-state index contributed by atoms with van der Waals surface area (Å²) in [7, 11) is 1.99. The van der Waals surface area contributed by atoms with Crippen LogP contribution in [0.15, 0.2) is 24.3 Å². The predicted octanol–water partition coefficient (Wildman–Crippen LogP) is 2.17. The van der Waals surface area contributed by atoms with E-state index in [1.807, 2.05) is 17.8 Å². The maximum absolute atomic E-state index is 6.29. The molecule has 1 atom stereocenters. The van der Waals surface area contributed by atoms with Crippen molar-refractivity contribution in [3.8, 4) is 0 Å². The van der Waals surface area contributed by atoms with E-state index in [-0.39, 0.29) is 6.04 Å². The summed E-state index contributed by atoms with van der Waals surface area (Å²) in [6.45, 7) is 7.65. The number of hydrogen-bond donors (Lipinski definition) is 1. The average molecular weight is 274 g/mol. The van der Waals surface area contributed by atoms with E-state index in [9.17, 15) is 0 Å². The lowest BCUT2D eigenvalue weighted by molar-refractivity contribution is 0.289. The van der Waals surface area contributed by atoms with Crippen LogP contribution in [0.3, 0.4) is 0 Å². The van der Waals surface area contributed by atoms with Crippen molar-refractivity contribution in [1.82, 2.24) is 14.7 Å². The highest BCUT2D eigenvalue weighted by Gasteiger charge is 2.12. The molecule has 110 valence electrons. The van der Waals surface area contributed by atoms with Crippen LogP contribution in [0, 0.1) is 0 Å². The molecule has 1 aromatic heterocycles. The number of hydrogen-bond acceptors (Lipinski definition) is 3. The van der Waals surface area contributed by atoms with Crippen LogP contribution < -0.4 is 5.73 Å². The van der Waals surface area contributed by atoms with Gasteiger partial charge in [-0.3, -0.25) is 4.68 Å². The first-order valence-corrected chi connectivity index (χ1v) is 7.54. The highest BCUT2D eigenvalue weighted by molar-refractivity contribution is 5.81. The molecule has 0 aliphatic heterocycles. The Labute approximate surface area is 121 Å². The number of aromatic nitrogens is 2. The van der Waals surface area contributed by atoms with Gasteiger partial charge in [-0.15, -0.1) is 0 Å². The minimum Gasteiger partial charge on any atom is -0.327 e. The molecule has 1 aromatic carbocycles. The number of benzene rings is 1. The first kappa shape index (κ1) is 15.0. The Morgan fingerprint density at radius 1 is 1.25 bits per heavy atom. The second-order valence-electron chi connectivity index (χ2n) is 5.37. The topological polar surface area (TPSA) is 47.1 Å². The van der Waals surface area contributed by atoms with E-state index in [2.05, 4.69) is 42.0 Å². The molecular formula is C16H26N4. The highest BCUT2D eigenvalue weighted by Crippen LogP contribution is 2.18. The minimum absolute atomic E-state index is 0.175. The zero-order valence-corrected chi connectivity index (χ0v) is 12.8. The van der Waals surface area contributed by atoms with Gasteiger partial charge in [0.15, 0.2) is 0 Å². The Hall–Kier alpha value is -1.39. The fraction of sp³-hybridized carbons (Fsp3) is 0.562. The molecular weight excluding hydrogens is 248 g/mol. The van der Waals surface area contributed by atoms with Gasteiger partial charge in [-0.2, -0.15) is 5.10 Å². The summed E-state index contributed by atoms with van der Waals surface area (Å²) < 4.78 is 1.95. The van der Waals surface area contributed by atoms with Crippen molar-refractivity contribution < 1.29 is 0 Å². The molecule has 0 bridgehead atoms. The van der Waals surface area contributed by atoms with Gasteiger partial charge in [0.2, 0.25) is 0 Å². The van der Waals surface area contributed by atoms with Gasteiger partial charge in [0.1, 0.15) is 0 Å². The van der Waals surface area contributed by atoms with Crippen LogP contribution in [0.4, 0.5) is 0 Å². The fourth-order valence-electron chi connectivity index (χ4n) is 2.68. The molecule has 20 heavy (non-hydrogen) atoms. The minimum atomic E-state index is 0.175. The Morgan fingerprint density at radius 3 is 2.65 bits per heavy atom. The van der Waals surface area contributed by atoms with Gasteiger partial charge in [0, 0.05) is 24.9 Å². The van der Waals surface area contributed by atoms with E-state index < -0.39 is 0 Å². The number of aryl methyl sites for hydroxylation is 1. The summed E-state index contributed by atoms with van der Waals surface area (Å²) in [6.07, 6.45) is 1.87. The van der Waals surface area contributed by atoms with Crippen molar-refractivity contribution in [1.29, 1.82) is 0 Å². The van der Waals surface area contributed by atoms with Crippen molar-refractivity contribution in [2.45, 2.75) is 32.7 Å². The van der Waals surface area contributed by atoms with Gasteiger partial charge >= 0.3 is 0 Å². The van der Waals surface area contributed by atoms with E-state index >= 15 is 0 Å². The van der Waals surface area contributed by atoms with Crippen molar-refractivity contribution in [3.63, 3.8) is 0 Å². The van der Waals surface area contributed by atoms with Crippen LogP contribution in [0.2, 0.25) is 0 Å². The van der Waals surface area contributed by atoms with Crippen LogP contribution in [-0.4, -0.2) is 40.4 Å². The van der Waals surface area contributed by atoms with Gasteiger partial charge in [-0.1, -0.05) is 32.0 Å². The molecule has 0 fully saturated rings. The first-order chi connectivity index (χ1) is 9.65. The molecule has 0 aliphatic carbocycles. The van der Waals surface area contributed by atoms with E-state index in [1.165, 1.54) is 10.9 Å². The monoisotopic (exact) mass is 274 g/mol. The summed E-state index contributed by atoms with van der Waals surface area (Å²) >= 11 is 0. The third-order valence-electron chi connectivity index (χ3n) is 4.00. The van der Waals surface area contributed by atoms with E-state index in [1.54, 1.807) is 0 Å². The van der Waals surface area contributed by atoms with Crippen molar-refractivity contribution in [2.75, 3.05) is 19.6 Å². The molecule has 2 rings (SSSR count). The normalized spacial score (nSPS) is 13.2. The molecule has 0 radical (unpaired) electrons. The second kappa shape index (κ2) is 6.86. The molecule has 0 aliphatic rings. The molecule has 0 spiro atoms. The van der Waals surface area contributed by atoms with E-state index in [4.69, 9.17) is 5.73 Å². The van der Waals surface area contributed by atoms with Crippen LogP contribution in [0.5, 0.6) is 0 Å². The van der Waals surface area contributed by atoms with Crippen LogP contribution in [0.1, 0.15) is 26.0 Å². The Morgan fingerprint density at radius 2 is 1.95 bits per heavy atom. The molecule has 1 unspecified atom stereocenters. The summed E-state index contributed by atoms with van der Waals surface area (Å²) in [6, 6.07) is 8.53. The summed E-state index contributed by atoms with van der Waals surface area (Å²) in [5, 5.41) is 5.85. The number of nitrogens with two attached hydrogens (primary N) is 1. The van der Waals surface area contributed by atoms with Crippen LogP contribution >= 0.6 is 0 Å². The number of fused-ring (bicyclic) bond motifs is 1. The number of para-hydroxylation sites is 1. The number of nitrogens with zero attached hydrogens (tertiary/aromatic N) is 3. The average Bonchev–Trinajstić information content (AvgIpc) is 2.77. The van der Waals surface area contributed by atoms with E-state index in [0.29, 0.717) is 0 Å². The molecule has 0 amide bonds. The summed E-state index contributed by atoms with van der Waals surface area (Å²) in [5.74, 6) is 0. The predicted molar refractivity (Wildman–Crippen MR) is 84.8 cm³/mol. The SMILES string of the molecule is CCN(CC)CCC(N)Cc1nn(C)c2ccccc12. The van der Waals surface area contributed by atoms with Gasteiger partial charge in [0.25, 0.3) is 0 Å². The molecule has 4 nitrogen and oxygen atoms in total. The molecule has 2 N–H and O–H groups in total. The van der Waals surface area contributed by atoms with Gasteiger partial charge in [-0.05, 0) is 32.1 Å². The Bertz CT molecular complexity index is 542. The van der Waals surface area contributed by atoms with Crippen LogP contribution in [0.25, 0.3) is 10.9 Å². The van der Waals surface area contributed by atoms with Crippen molar-refractivity contribution >= 4 is 10.9 Å². The Kier molecular flexibility index (Phi) is 5.15. The third kappa shape index (κ3) is 3.38. The van der Waals surface area contributed by atoms with Gasteiger partial charge < -0.3 is 10.6 Å². The molecule has 1 heterocycles. The fourth-order valence-corrected chi connectivity index (χ4v) is 2.68. The lowest BCUT2D eigenvalue weighted by Crippen LogP contribution is -2.31. The maximum Gasteiger partial charge on any atom is 0.0718 e. The summed E-state index contributed by atoms with van der Waals surface area (Å²) in [4.78, 5) is 2.41. The van der Waals surface area contributed by atoms with E-state index in [0.717, 1.165) is 38.2 Å². The first-order valence-electron chi connectivity index (χ1n) is 7.54. The second-order valence-corrected chi connectivity index (χ2v) is 5.37. The quantitative estimate of drug-likeness (QED) is 0.842. The molecule has 0 saturated heterocycles. The Balaban J connectivity index is 2.01. The van der Waals surface area contributed by atoms with Crippen LogP contribution in [-0.2, 0) is 13.5 Å². The molecule has 2 aromatic rings. The van der Waals surface area contributed by atoms with Gasteiger partial charge in [0.05, 0.1) is 11.2 Å². The largest absolute Gasteiger partial charge is 0.327 e. The zero-order chi connectivity index (χ0) is 14.5. The lowest BCUT2D eigenvalue weighted by Gasteiger charge is -2.20. The third-order valence-corrected chi connectivity index (χ3v) is 4.00. The lowest BCUT2D eigenvalue weighted by atomic mass is 10.1. The number of rotatable bonds is 7. The summed E-state index contributed by atoms with van der Waals surface area (Å²) in [5.41, 5.74) is 8.59. The highest BCUT2D eigenvalue weighted by atomic mass is 15.3. The molecule has 4 heteroatoms. The van der Waals surface area contributed by atoms with Crippen molar-refractivity contribution in [2.24, 2.45) is 12.8 Å². The molecule has 0 saturated carbocycles. The smallest absolute Gasteiger partial charge is 0.0718 e. The standard InChI is InChI=1S/C16H26N4/c1-4-20(5-2)11-10-13(17)12-15-14-8-6-7-9-16(14)19(3)18-15/h6-9,13H,4-5,10-12,17H2,1-3H3. The van der Waals surface area contributed by atoms with Crippen molar-refractivity contribution in [3.05, 3.63) is 30.0 Å². The van der Waals surface area contributed by atoms with Gasteiger partial charge in [-0.25, -0.2) is 0 Å². The zero-order valence-electron chi connectivity index (χ0n) is 12.8.